The number of hydrogen-bond acceptors (Lipinski definition) is 6. The van der Waals surface area contributed by atoms with Crippen molar-refractivity contribution in [2.45, 2.75) is 13.0 Å². The Morgan fingerprint density at radius 2 is 1.85 bits per heavy atom. The molecule has 0 bridgehead atoms. The van der Waals surface area contributed by atoms with Crippen LogP contribution in [0.15, 0.2) is 59.7 Å². The fraction of sp³-hybridized carbons (Fsp3) is 0.118. The van der Waals surface area contributed by atoms with E-state index >= 15 is 0 Å². The fourth-order valence-electron chi connectivity index (χ4n) is 2.35. The van der Waals surface area contributed by atoms with Gasteiger partial charge in [-0.1, -0.05) is 18.2 Å². The molecule has 9 nitrogen and oxygen atoms in total. The second-order valence-electron chi connectivity index (χ2n) is 5.41. The maximum absolute atomic E-state index is 12.6. The fourth-order valence-corrected chi connectivity index (χ4v) is 2.35. The highest BCUT2D eigenvalue weighted by Gasteiger charge is 2.39. The van der Waals surface area contributed by atoms with Crippen LogP contribution in [-0.4, -0.2) is 28.7 Å². The molecule has 1 heterocycles. The van der Waals surface area contributed by atoms with Gasteiger partial charge in [-0.05, 0) is 24.3 Å². The van der Waals surface area contributed by atoms with E-state index in [1.807, 2.05) is 0 Å². The molecule has 1 N–H and O–H groups in total. The topological polar surface area (TPSA) is 114 Å². The highest BCUT2D eigenvalue weighted by molar-refractivity contribution is 6.18. The summed E-state index contributed by atoms with van der Waals surface area (Å²) in [4.78, 5) is 34.2. The minimum absolute atomic E-state index is 0.0251. The Morgan fingerprint density at radius 3 is 2.42 bits per heavy atom. The van der Waals surface area contributed by atoms with Crippen molar-refractivity contribution in [3.63, 3.8) is 0 Å². The van der Waals surface area contributed by atoms with Crippen molar-refractivity contribution >= 4 is 29.1 Å². The van der Waals surface area contributed by atoms with Crippen LogP contribution >= 0.6 is 0 Å². The summed E-state index contributed by atoms with van der Waals surface area (Å²) in [6.07, 6.45) is 0. The van der Waals surface area contributed by atoms with Crippen LogP contribution in [0.4, 0.5) is 11.4 Å². The normalized spacial score (nSPS) is 16.2. The third-order valence-electron chi connectivity index (χ3n) is 3.52. The number of carbonyl (C=O) groups excluding carboxylic acids is 2. The number of ether oxygens (including phenoxy) is 1. The Labute approximate surface area is 148 Å². The smallest absolute Gasteiger partial charge is 0.279 e. The van der Waals surface area contributed by atoms with Gasteiger partial charge in [-0.3, -0.25) is 19.7 Å². The molecular weight excluding hydrogens is 340 g/mol. The minimum Gasteiger partial charge on any atom is -0.439 e. The van der Waals surface area contributed by atoms with Crippen molar-refractivity contribution in [1.82, 2.24) is 5.32 Å². The lowest BCUT2D eigenvalue weighted by molar-refractivity contribution is -0.384. The number of anilines is 1. The second kappa shape index (κ2) is 7.01. The van der Waals surface area contributed by atoms with Crippen LogP contribution in [0.25, 0.3) is 0 Å². The van der Waals surface area contributed by atoms with Gasteiger partial charge in [0, 0.05) is 19.1 Å². The zero-order chi connectivity index (χ0) is 18.7. The monoisotopic (exact) mass is 354 g/mol. The third kappa shape index (κ3) is 3.51. The molecule has 1 unspecified atom stereocenters. The first-order chi connectivity index (χ1) is 12.5. The number of para-hydroxylation sites is 1. The molecule has 1 atom stereocenters. The number of hydrazone groups is 1. The van der Waals surface area contributed by atoms with Gasteiger partial charge in [0.25, 0.3) is 11.6 Å². The number of nitrogens with one attached hydrogen (secondary N) is 1. The molecule has 2 aromatic carbocycles. The van der Waals surface area contributed by atoms with Crippen LogP contribution < -0.4 is 15.1 Å². The third-order valence-corrected chi connectivity index (χ3v) is 3.52. The average molecular weight is 354 g/mol. The lowest BCUT2D eigenvalue weighted by Crippen LogP contribution is -2.47. The van der Waals surface area contributed by atoms with Crippen molar-refractivity contribution in [1.29, 1.82) is 0 Å². The number of hydrogen-bond donors (Lipinski definition) is 1. The molecular formula is C17H14N4O5. The first-order valence-corrected chi connectivity index (χ1v) is 7.62. The Balaban J connectivity index is 1.88. The van der Waals surface area contributed by atoms with E-state index in [9.17, 15) is 19.7 Å². The number of nitro groups is 1. The first-order valence-electron chi connectivity index (χ1n) is 7.62. The zero-order valence-corrected chi connectivity index (χ0v) is 13.7. The summed E-state index contributed by atoms with van der Waals surface area (Å²) in [6, 6.07) is 12.9. The minimum atomic E-state index is -1.08. The summed E-state index contributed by atoms with van der Waals surface area (Å²) in [5.41, 5.74) is 0.432. The molecule has 26 heavy (non-hydrogen) atoms. The van der Waals surface area contributed by atoms with E-state index in [2.05, 4.69) is 10.4 Å². The van der Waals surface area contributed by atoms with E-state index in [0.29, 0.717) is 5.69 Å². The Kier molecular flexibility index (Phi) is 4.61. The summed E-state index contributed by atoms with van der Waals surface area (Å²) < 4.78 is 5.60. The average Bonchev–Trinajstić information content (AvgIpc) is 2.92. The Hall–Kier alpha value is -3.75. The first kappa shape index (κ1) is 17.1. The standard InChI is InChI=1S/C17H14N4O5/c1-11(22)18-15-16(26-14-9-7-13(8-10-14)21(24)25)19-20(17(15)23)12-5-3-2-4-6-12/h2-10,15H,1H3,(H,18,22). The number of amides is 2. The van der Waals surface area contributed by atoms with Crippen molar-refractivity contribution in [3.05, 3.63) is 64.7 Å². The summed E-state index contributed by atoms with van der Waals surface area (Å²) >= 11 is 0. The van der Waals surface area contributed by atoms with Crippen LogP contribution in [0.5, 0.6) is 5.75 Å². The van der Waals surface area contributed by atoms with E-state index in [4.69, 9.17) is 4.74 Å². The number of carbonyl (C=O) groups is 2. The van der Waals surface area contributed by atoms with Gasteiger partial charge in [0.15, 0.2) is 6.04 Å². The molecule has 0 aliphatic carbocycles. The van der Waals surface area contributed by atoms with E-state index in [0.717, 1.165) is 5.01 Å². The number of rotatable bonds is 4. The Bertz CT molecular complexity index is 880. The lowest BCUT2D eigenvalue weighted by Gasteiger charge is -2.14. The second-order valence-corrected chi connectivity index (χ2v) is 5.41. The number of nitrogens with zero attached hydrogens (tertiary/aromatic N) is 3. The van der Waals surface area contributed by atoms with E-state index in [1.54, 1.807) is 30.3 Å². The summed E-state index contributed by atoms with van der Waals surface area (Å²) in [7, 11) is 0. The molecule has 0 radical (unpaired) electrons. The quantitative estimate of drug-likeness (QED) is 0.665. The van der Waals surface area contributed by atoms with Crippen LogP contribution in [0.2, 0.25) is 0 Å². The largest absolute Gasteiger partial charge is 0.439 e. The molecule has 0 saturated heterocycles. The maximum Gasteiger partial charge on any atom is 0.279 e. The molecule has 0 fully saturated rings. The Morgan fingerprint density at radius 1 is 1.19 bits per heavy atom. The number of nitro benzene ring substituents is 1. The van der Waals surface area contributed by atoms with E-state index in [1.165, 1.54) is 31.2 Å². The van der Waals surface area contributed by atoms with Crippen molar-refractivity contribution in [2.24, 2.45) is 5.10 Å². The van der Waals surface area contributed by atoms with Crippen LogP contribution in [-0.2, 0) is 9.59 Å². The summed E-state index contributed by atoms with van der Waals surface area (Å²) in [6.45, 7) is 1.28. The van der Waals surface area contributed by atoms with Crippen LogP contribution in [0, 0.1) is 10.1 Å². The van der Waals surface area contributed by atoms with Gasteiger partial charge in [-0.15, -0.1) is 5.10 Å². The lowest BCUT2D eigenvalue weighted by atomic mass is 10.2. The molecule has 2 aromatic rings. The maximum atomic E-state index is 12.6. The van der Waals surface area contributed by atoms with Gasteiger partial charge < -0.3 is 10.1 Å². The molecule has 0 aromatic heterocycles. The van der Waals surface area contributed by atoms with Crippen molar-refractivity contribution in [2.75, 3.05) is 5.01 Å². The van der Waals surface area contributed by atoms with Crippen molar-refractivity contribution < 1.29 is 19.2 Å². The zero-order valence-electron chi connectivity index (χ0n) is 13.7. The van der Waals surface area contributed by atoms with Gasteiger partial charge in [0.2, 0.25) is 11.8 Å². The van der Waals surface area contributed by atoms with Crippen LogP contribution in [0.1, 0.15) is 6.92 Å². The number of non-ortho nitro benzene ring substituents is 1. The van der Waals surface area contributed by atoms with Gasteiger partial charge >= 0.3 is 0 Å². The SMILES string of the molecule is CC(=O)NC1C(=O)N(c2ccccc2)N=C1Oc1ccc([N+](=O)[O-])cc1. The van der Waals surface area contributed by atoms with E-state index < -0.39 is 22.8 Å². The van der Waals surface area contributed by atoms with Crippen LogP contribution in [0.3, 0.4) is 0 Å². The molecule has 9 heteroatoms. The van der Waals surface area contributed by atoms with Gasteiger partial charge in [0.1, 0.15) is 5.75 Å². The molecule has 2 amide bonds. The number of benzene rings is 2. The van der Waals surface area contributed by atoms with Gasteiger partial charge in [0.05, 0.1) is 10.6 Å². The van der Waals surface area contributed by atoms with E-state index in [-0.39, 0.29) is 17.3 Å². The molecule has 1 aliphatic rings. The highest BCUT2D eigenvalue weighted by Crippen LogP contribution is 2.23. The summed E-state index contributed by atoms with van der Waals surface area (Å²) in [5, 5.41) is 18.5. The van der Waals surface area contributed by atoms with Gasteiger partial charge in [-0.25, -0.2) is 0 Å². The molecule has 3 rings (SSSR count). The molecule has 1 aliphatic heterocycles. The summed E-state index contributed by atoms with van der Waals surface area (Å²) in [5.74, 6) is -0.656. The molecule has 132 valence electrons. The highest BCUT2D eigenvalue weighted by atomic mass is 16.6. The molecule has 0 saturated carbocycles. The van der Waals surface area contributed by atoms with Crippen molar-refractivity contribution in [3.8, 4) is 5.75 Å². The van der Waals surface area contributed by atoms with Gasteiger partial charge in [-0.2, -0.15) is 5.01 Å². The predicted molar refractivity (Wildman–Crippen MR) is 92.7 cm³/mol. The predicted octanol–water partition coefficient (Wildman–Crippen LogP) is 1.84. The molecule has 0 spiro atoms.